The lowest BCUT2D eigenvalue weighted by Crippen LogP contribution is -2.58. The summed E-state index contributed by atoms with van der Waals surface area (Å²) in [6, 6.07) is 8.55. The molecule has 0 aliphatic heterocycles. The van der Waals surface area contributed by atoms with Crippen molar-refractivity contribution in [1.29, 1.82) is 0 Å². The number of hydrogen-bond acceptors (Lipinski definition) is 1. The van der Waals surface area contributed by atoms with Gasteiger partial charge < -0.3 is 4.74 Å². The van der Waals surface area contributed by atoms with Crippen LogP contribution in [0.4, 0.5) is 0 Å². The highest BCUT2D eigenvalue weighted by Gasteiger charge is 2.55. The number of hydrogen-bond donors (Lipinski definition) is 0. The molecular weight excluding hydrogens is 256 g/mol. The summed E-state index contributed by atoms with van der Waals surface area (Å²) in [7, 11) is 0. The monoisotopic (exact) mass is 278 g/mol. The van der Waals surface area contributed by atoms with Crippen molar-refractivity contribution in [2.75, 3.05) is 0 Å². The molecule has 104 valence electrons. The highest BCUT2D eigenvalue weighted by molar-refractivity contribution is 6.21. The fraction of sp³-hybridized carbons (Fsp3) is 0.647. The molecule has 3 rings (SSSR count). The molecule has 2 atom stereocenters. The first kappa shape index (κ1) is 13.3. The van der Waals surface area contributed by atoms with E-state index in [-0.39, 0.29) is 5.41 Å². The second kappa shape index (κ2) is 5.36. The van der Waals surface area contributed by atoms with E-state index in [4.69, 9.17) is 16.3 Å². The fourth-order valence-corrected chi connectivity index (χ4v) is 4.20. The van der Waals surface area contributed by atoms with Crippen molar-refractivity contribution in [3.05, 3.63) is 29.8 Å². The Morgan fingerprint density at radius 1 is 1.16 bits per heavy atom. The molecule has 19 heavy (non-hydrogen) atoms. The molecule has 1 aromatic rings. The number of rotatable bonds is 3. The van der Waals surface area contributed by atoms with E-state index in [0.717, 1.165) is 18.6 Å². The third kappa shape index (κ3) is 2.38. The summed E-state index contributed by atoms with van der Waals surface area (Å²) in [4.78, 5) is 0. The molecule has 2 fully saturated rings. The lowest BCUT2D eigenvalue weighted by atomic mass is 9.58. The minimum absolute atomic E-state index is 0.267. The zero-order valence-electron chi connectivity index (χ0n) is 11.7. The Morgan fingerprint density at radius 3 is 2.42 bits per heavy atom. The second-order valence-electron chi connectivity index (χ2n) is 6.10. The predicted octanol–water partition coefficient (Wildman–Crippen LogP) is 4.96. The molecule has 2 aliphatic carbocycles. The minimum Gasteiger partial charge on any atom is -0.490 e. The Labute approximate surface area is 121 Å². The Morgan fingerprint density at radius 2 is 1.84 bits per heavy atom. The van der Waals surface area contributed by atoms with Crippen LogP contribution in [0.2, 0.25) is 0 Å². The van der Waals surface area contributed by atoms with Gasteiger partial charge in [0.1, 0.15) is 11.9 Å². The third-order valence-corrected chi connectivity index (χ3v) is 5.69. The summed E-state index contributed by atoms with van der Waals surface area (Å²) >= 11 is 6.51. The molecular formula is C17H23ClO. The third-order valence-electron chi connectivity index (χ3n) is 5.08. The highest BCUT2D eigenvalue weighted by atomic mass is 35.5. The van der Waals surface area contributed by atoms with Gasteiger partial charge in [0.15, 0.2) is 0 Å². The quantitative estimate of drug-likeness (QED) is 0.710. The lowest BCUT2D eigenvalue weighted by molar-refractivity contribution is -0.0650. The molecule has 0 saturated heterocycles. The van der Waals surface area contributed by atoms with Crippen molar-refractivity contribution in [2.45, 2.75) is 63.4 Å². The van der Waals surface area contributed by atoms with Gasteiger partial charge in [-0.1, -0.05) is 38.3 Å². The van der Waals surface area contributed by atoms with E-state index in [9.17, 15) is 0 Å². The smallest absolute Gasteiger partial charge is 0.119 e. The van der Waals surface area contributed by atoms with Crippen LogP contribution in [0.15, 0.2) is 24.3 Å². The van der Waals surface area contributed by atoms with Crippen molar-refractivity contribution in [1.82, 2.24) is 0 Å². The first-order valence-corrected chi connectivity index (χ1v) is 8.08. The number of ether oxygens (including phenoxy) is 1. The van der Waals surface area contributed by atoms with Crippen LogP contribution in [0.25, 0.3) is 0 Å². The van der Waals surface area contributed by atoms with E-state index in [1.54, 1.807) is 0 Å². The van der Waals surface area contributed by atoms with Crippen molar-refractivity contribution >= 4 is 11.6 Å². The van der Waals surface area contributed by atoms with Gasteiger partial charge >= 0.3 is 0 Å². The normalized spacial score (nSPS) is 28.9. The first-order valence-electron chi connectivity index (χ1n) is 7.64. The molecule has 0 radical (unpaired) electrons. The molecule has 0 N–H and O–H groups in total. The van der Waals surface area contributed by atoms with E-state index in [1.165, 1.54) is 37.7 Å². The van der Waals surface area contributed by atoms with Crippen LogP contribution < -0.4 is 4.74 Å². The molecule has 0 bridgehead atoms. The van der Waals surface area contributed by atoms with E-state index >= 15 is 0 Å². The van der Waals surface area contributed by atoms with Crippen LogP contribution >= 0.6 is 11.6 Å². The number of aryl methyl sites for hydroxylation is 1. The van der Waals surface area contributed by atoms with Gasteiger partial charge in [0.25, 0.3) is 0 Å². The molecule has 0 heterocycles. The fourth-order valence-electron chi connectivity index (χ4n) is 3.68. The standard InChI is InChI=1S/C17H23ClO/c1-2-13-6-8-14(9-7-13)19-16-12-15(18)17(16)10-4-3-5-11-17/h6-9,15-16H,2-5,10-12H2,1H3. The van der Waals surface area contributed by atoms with Crippen LogP contribution in [0.5, 0.6) is 5.75 Å². The Balaban J connectivity index is 1.68. The lowest BCUT2D eigenvalue weighted by Gasteiger charge is -2.55. The Bertz CT molecular complexity index is 419. The maximum absolute atomic E-state index is 6.51. The van der Waals surface area contributed by atoms with E-state index in [1.807, 2.05) is 0 Å². The van der Waals surface area contributed by atoms with E-state index < -0.39 is 0 Å². The van der Waals surface area contributed by atoms with Crippen LogP contribution in [-0.2, 0) is 6.42 Å². The molecule has 0 amide bonds. The predicted molar refractivity (Wildman–Crippen MR) is 80.0 cm³/mol. The maximum atomic E-state index is 6.51. The molecule has 0 aromatic heterocycles. The number of halogens is 1. The molecule has 2 unspecified atom stereocenters. The van der Waals surface area contributed by atoms with Crippen LogP contribution in [0.3, 0.4) is 0 Å². The molecule has 1 aromatic carbocycles. The summed E-state index contributed by atoms with van der Waals surface area (Å²) in [6.45, 7) is 2.18. The summed E-state index contributed by atoms with van der Waals surface area (Å²) in [6.07, 6.45) is 8.92. The second-order valence-corrected chi connectivity index (χ2v) is 6.63. The van der Waals surface area contributed by atoms with Crippen molar-refractivity contribution in [3.8, 4) is 5.75 Å². The summed E-state index contributed by atoms with van der Waals surface area (Å²) in [5.74, 6) is 1.01. The number of benzene rings is 1. The van der Waals surface area contributed by atoms with Crippen molar-refractivity contribution in [3.63, 3.8) is 0 Å². The average molecular weight is 279 g/mol. The zero-order valence-corrected chi connectivity index (χ0v) is 12.5. The largest absolute Gasteiger partial charge is 0.490 e. The van der Waals surface area contributed by atoms with E-state index in [0.29, 0.717) is 11.5 Å². The van der Waals surface area contributed by atoms with E-state index in [2.05, 4.69) is 31.2 Å². The molecule has 2 aliphatic rings. The summed E-state index contributed by atoms with van der Waals surface area (Å²) in [5, 5.41) is 0.327. The minimum atomic E-state index is 0.267. The number of alkyl halides is 1. The SMILES string of the molecule is CCc1ccc(OC2CC(Cl)C23CCCCC3)cc1. The van der Waals surface area contributed by atoms with Gasteiger partial charge in [0.2, 0.25) is 0 Å². The zero-order chi connectivity index (χ0) is 13.3. The molecule has 1 nitrogen and oxygen atoms in total. The molecule has 1 spiro atoms. The summed E-state index contributed by atoms with van der Waals surface area (Å²) < 4.78 is 6.23. The summed E-state index contributed by atoms with van der Waals surface area (Å²) in [5.41, 5.74) is 1.63. The topological polar surface area (TPSA) is 9.23 Å². The maximum Gasteiger partial charge on any atom is 0.119 e. The van der Waals surface area contributed by atoms with Crippen molar-refractivity contribution < 1.29 is 4.74 Å². The Kier molecular flexibility index (Phi) is 3.75. The van der Waals surface area contributed by atoms with Gasteiger partial charge in [0.05, 0.1) is 0 Å². The average Bonchev–Trinajstić information content (AvgIpc) is 2.48. The Hall–Kier alpha value is -0.690. The van der Waals surface area contributed by atoms with Gasteiger partial charge in [-0.2, -0.15) is 0 Å². The van der Waals surface area contributed by atoms with Crippen molar-refractivity contribution in [2.24, 2.45) is 5.41 Å². The van der Waals surface area contributed by atoms with Gasteiger partial charge in [-0.3, -0.25) is 0 Å². The van der Waals surface area contributed by atoms with Gasteiger partial charge in [0, 0.05) is 17.2 Å². The van der Waals surface area contributed by atoms with Gasteiger partial charge in [-0.05, 0) is 37.0 Å². The van der Waals surface area contributed by atoms with Crippen LogP contribution in [-0.4, -0.2) is 11.5 Å². The van der Waals surface area contributed by atoms with Crippen LogP contribution in [0, 0.1) is 5.41 Å². The highest BCUT2D eigenvalue weighted by Crippen LogP contribution is 2.55. The van der Waals surface area contributed by atoms with Gasteiger partial charge in [-0.25, -0.2) is 0 Å². The molecule has 2 heteroatoms. The van der Waals surface area contributed by atoms with Crippen LogP contribution in [0.1, 0.15) is 51.0 Å². The molecule has 2 saturated carbocycles. The van der Waals surface area contributed by atoms with Gasteiger partial charge in [-0.15, -0.1) is 11.6 Å². The first-order chi connectivity index (χ1) is 9.24.